The lowest BCUT2D eigenvalue weighted by Crippen LogP contribution is -2.23. The van der Waals surface area contributed by atoms with Gasteiger partial charge in [-0.2, -0.15) is 0 Å². The van der Waals surface area contributed by atoms with E-state index in [0.717, 1.165) is 30.1 Å². The fourth-order valence-electron chi connectivity index (χ4n) is 2.30. The average Bonchev–Trinajstić information content (AvgIpc) is 2.90. The molecule has 1 aromatic carbocycles. The predicted octanol–water partition coefficient (Wildman–Crippen LogP) is 1.29. The quantitative estimate of drug-likeness (QED) is 0.827. The van der Waals surface area contributed by atoms with Gasteiger partial charge in [0.05, 0.1) is 19.8 Å². The number of hydrogen-bond acceptors (Lipinski definition) is 4. The second-order valence-electron chi connectivity index (χ2n) is 4.41. The van der Waals surface area contributed by atoms with Gasteiger partial charge in [-0.1, -0.05) is 0 Å². The van der Waals surface area contributed by atoms with Gasteiger partial charge in [-0.25, -0.2) is 0 Å². The lowest BCUT2D eigenvalue weighted by atomic mass is 10.0. The second kappa shape index (κ2) is 5.38. The van der Waals surface area contributed by atoms with Gasteiger partial charge in [0.15, 0.2) is 0 Å². The summed E-state index contributed by atoms with van der Waals surface area (Å²) in [5.41, 5.74) is 8.05. The second-order valence-corrected chi connectivity index (χ2v) is 4.41. The molecule has 0 radical (unpaired) electrons. The molecule has 17 heavy (non-hydrogen) atoms. The third-order valence-electron chi connectivity index (χ3n) is 3.28. The average molecular weight is 236 g/mol. The lowest BCUT2D eigenvalue weighted by molar-refractivity contribution is 0.268. The van der Waals surface area contributed by atoms with Gasteiger partial charge >= 0.3 is 0 Å². The first kappa shape index (κ1) is 12.2. The molecule has 1 fully saturated rings. The third-order valence-corrected chi connectivity index (χ3v) is 3.28. The number of nitrogens with two attached hydrogens (primary N) is 1. The van der Waals surface area contributed by atoms with Crippen LogP contribution in [0.1, 0.15) is 24.4 Å². The molecule has 0 aliphatic carbocycles. The number of anilines is 1. The number of methoxy groups -OCH3 is 1. The highest BCUT2D eigenvalue weighted by molar-refractivity contribution is 5.58. The van der Waals surface area contributed by atoms with Crippen molar-refractivity contribution in [1.29, 1.82) is 0 Å². The number of nitrogens with zero attached hydrogens (tertiary/aromatic N) is 1. The summed E-state index contributed by atoms with van der Waals surface area (Å²) in [7, 11) is 1.64. The smallest absolute Gasteiger partial charge is 0.119 e. The van der Waals surface area contributed by atoms with E-state index in [9.17, 15) is 5.11 Å². The zero-order valence-electron chi connectivity index (χ0n) is 10.2. The van der Waals surface area contributed by atoms with Crippen molar-refractivity contribution in [2.45, 2.75) is 18.9 Å². The number of aliphatic hydroxyl groups is 1. The molecule has 0 saturated carbocycles. The van der Waals surface area contributed by atoms with Crippen LogP contribution in [0.15, 0.2) is 18.2 Å². The molecule has 3 N–H and O–H groups in total. The van der Waals surface area contributed by atoms with Gasteiger partial charge < -0.3 is 20.5 Å². The standard InChI is InChI=1S/C13H20N2O2/c1-17-10-4-5-13(15-6-2-3-7-15)11(8-10)12(14)9-16/h4-5,8,12,16H,2-3,6-7,9,14H2,1H3. The van der Waals surface area contributed by atoms with Crippen molar-refractivity contribution in [3.05, 3.63) is 23.8 Å². The minimum Gasteiger partial charge on any atom is -0.497 e. The first-order valence-corrected chi connectivity index (χ1v) is 6.05. The van der Waals surface area contributed by atoms with E-state index in [4.69, 9.17) is 10.5 Å². The normalized spacial score (nSPS) is 17.2. The Kier molecular flexibility index (Phi) is 3.86. The van der Waals surface area contributed by atoms with Gasteiger partial charge in [0, 0.05) is 18.8 Å². The van der Waals surface area contributed by atoms with Crippen LogP contribution < -0.4 is 15.4 Å². The monoisotopic (exact) mass is 236 g/mol. The first-order chi connectivity index (χ1) is 8.26. The molecule has 1 unspecified atom stereocenters. The summed E-state index contributed by atoms with van der Waals surface area (Å²) in [5, 5.41) is 9.23. The highest BCUT2D eigenvalue weighted by Crippen LogP contribution is 2.31. The van der Waals surface area contributed by atoms with Crippen LogP contribution in [0, 0.1) is 0 Å². The fourth-order valence-corrected chi connectivity index (χ4v) is 2.30. The number of aliphatic hydroxyl groups excluding tert-OH is 1. The van der Waals surface area contributed by atoms with Gasteiger partial charge in [-0.15, -0.1) is 0 Å². The zero-order valence-corrected chi connectivity index (χ0v) is 10.2. The Labute approximate surface area is 102 Å². The van der Waals surface area contributed by atoms with E-state index in [1.807, 2.05) is 18.2 Å². The van der Waals surface area contributed by atoms with Crippen LogP contribution in [0.2, 0.25) is 0 Å². The van der Waals surface area contributed by atoms with Crippen LogP contribution in [0.3, 0.4) is 0 Å². The van der Waals surface area contributed by atoms with Crippen molar-refractivity contribution in [3.8, 4) is 5.75 Å². The molecule has 1 aliphatic heterocycles. The predicted molar refractivity (Wildman–Crippen MR) is 68.5 cm³/mol. The molecule has 0 spiro atoms. The molecule has 1 atom stereocenters. The maximum Gasteiger partial charge on any atom is 0.119 e. The molecule has 0 bridgehead atoms. The Morgan fingerprint density at radius 1 is 1.41 bits per heavy atom. The maximum absolute atomic E-state index is 9.23. The van der Waals surface area contributed by atoms with Crippen LogP contribution in [0.25, 0.3) is 0 Å². The van der Waals surface area contributed by atoms with Gasteiger partial charge in [0.2, 0.25) is 0 Å². The number of hydrogen-bond donors (Lipinski definition) is 2. The van der Waals surface area contributed by atoms with E-state index in [0.29, 0.717) is 0 Å². The van der Waals surface area contributed by atoms with E-state index < -0.39 is 0 Å². The molecular weight excluding hydrogens is 216 g/mol. The van der Waals surface area contributed by atoms with Crippen molar-refractivity contribution < 1.29 is 9.84 Å². The third kappa shape index (κ3) is 2.53. The Balaban J connectivity index is 2.35. The molecule has 0 amide bonds. The molecule has 0 aromatic heterocycles. The Bertz CT molecular complexity index is 376. The van der Waals surface area contributed by atoms with Crippen LogP contribution in [0.4, 0.5) is 5.69 Å². The Morgan fingerprint density at radius 3 is 2.71 bits per heavy atom. The Morgan fingerprint density at radius 2 is 2.12 bits per heavy atom. The summed E-state index contributed by atoms with van der Waals surface area (Å²) in [5.74, 6) is 0.784. The fraction of sp³-hybridized carbons (Fsp3) is 0.538. The van der Waals surface area contributed by atoms with E-state index in [-0.39, 0.29) is 12.6 Å². The lowest BCUT2D eigenvalue weighted by Gasteiger charge is -2.24. The summed E-state index contributed by atoms with van der Waals surface area (Å²) < 4.78 is 5.21. The highest BCUT2D eigenvalue weighted by atomic mass is 16.5. The van der Waals surface area contributed by atoms with Gasteiger partial charge in [-0.3, -0.25) is 0 Å². The van der Waals surface area contributed by atoms with Crippen molar-refractivity contribution in [1.82, 2.24) is 0 Å². The summed E-state index contributed by atoms with van der Waals surface area (Å²) >= 11 is 0. The topological polar surface area (TPSA) is 58.7 Å². The Hall–Kier alpha value is -1.26. The van der Waals surface area contributed by atoms with E-state index in [2.05, 4.69) is 4.90 Å². The summed E-state index contributed by atoms with van der Waals surface area (Å²) in [6.07, 6.45) is 2.44. The van der Waals surface area contributed by atoms with E-state index in [1.165, 1.54) is 12.8 Å². The van der Waals surface area contributed by atoms with E-state index >= 15 is 0 Å². The van der Waals surface area contributed by atoms with Crippen molar-refractivity contribution in [2.24, 2.45) is 5.73 Å². The molecule has 1 saturated heterocycles. The van der Waals surface area contributed by atoms with Crippen LogP contribution in [-0.2, 0) is 0 Å². The molecular formula is C13H20N2O2. The minimum atomic E-state index is -0.347. The number of rotatable bonds is 4. The number of ether oxygens (including phenoxy) is 1. The van der Waals surface area contributed by atoms with Gasteiger partial charge in [-0.05, 0) is 36.6 Å². The van der Waals surface area contributed by atoms with Crippen molar-refractivity contribution in [3.63, 3.8) is 0 Å². The summed E-state index contributed by atoms with van der Waals surface area (Å²) in [6.45, 7) is 2.09. The summed E-state index contributed by atoms with van der Waals surface area (Å²) in [6, 6.07) is 5.56. The number of benzene rings is 1. The van der Waals surface area contributed by atoms with Crippen LogP contribution in [-0.4, -0.2) is 31.9 Å². The van der Waals surface area contributed by atoms with Crippen LogP contribution >= 0.6 is 0 Å². The molecule has 1 heterocycles. The molecule has 1 aromatic rings. The summed E-state index contributed by atoms with van der Waals surface area (Å²) in [4.78, 5) is 2.32. The molecule has 94 valence electrons. The van der Waals surface area contributed by atoms with Gasteiger partial charge in [0.25, 0.3) is 0 Å². The van der Waals surface area contributed by atoms with Crippen LogP contribution in [0.5, 0.6) is 5.75 Å². The van der Waals surface area contributed by atoms with Crippen molar-refractivity contribution >= 4 is 5.69 Å². The zero-order chi connectivity index (χ0) is 12.3. The SMILES string of the molecule is COc1ccc(N2CCCC2)c(C(N)CO)c1. The molecule has 2 rings (SSSR count). The molecule has 4 heteroatoms. The maximum atomic E-state index is 9.23. The largest absolute Gasteiger partial charge is 0.497 e. The van der Waals surface area contributed by atoms with E-state index in [1.54, 1.807) is 7.11 Å². The first-order valence-electron chi connectivity index (χ1n) is 6.05. The minimum absolute atomic E-state index is 0.0476. The molecule has 1 aliphatic rings. The van der Waals surface area contributed by atoms with Crippen molar-refractivity contribution in [2.75, 3.05) is 31.7 Å². The molecule has 4 nitrogen and oxygen atoms in total. The van der Waals surface area contributed by atoms with Gasteiger partial charge in [0.1, 0.15) is 5.75 Å². The highest BCUT2D eigenvalue weighted by Gasteiger charge is 2.19.